The zero-order chi connectivity index (χ0) is 57.1. The Morgan fingerprint density at radius 1 is 0.362 bits per heavy atom. The standard InChI is InChI=1S/C37H56O5.C33H56O5.4H2/c1-3-36(38)41-28-9-7-5-6-8-12-30-15-21-33(22-16-30)34-23-17-31(18-24-34)13-14-32-19-25-35(26-20-32)40-27-10-11-29-42-37(39)4-2;1-3-32(34)37-26-14-10-6-5-9-13-25-36-31-23-21-30(22-24-31)29-19-17-28(18-20-29)16-12-8-7-11-15-27-38-33(35)4-2;;;;/h3-4,19-20,25-26,30-31,33-34H,1-2,5-18,21-24,27-29H2;3-4,28-31H,1-2,5-27H2;4*1H. The molecule has 0 unspecified atom stereocenters. The molecular weight excluding hydrogens is 1000 g/mol. The maximum Gasteiger partial charge on any atom is 0.330 e. The Balaban J connectivity index is 0.00000157. The predicted molar refractivity (Wildman–Crippen MR) is 334 cm³/mol. The lowest BCUT2D eigenvalue weighted by Crippen LogP contribution is -2.28. The number of hydrogen-bond acceptors (Lipinski definition) is 10. The normalized spacial score (nSPS) is 22.8. The van der Waals surface area contributed by atoms with Crippen LogP contribution >= 0.6 is 0 Å². The molecule has 0 saturated heterocycles. The van der Waals surface area contributed by atoms with Gasteiger partial charge in [0.1, 0.15) is 5.75 Å². The van der Waals surface area contributed by atoms with Crippen molar-refractivity contribution in [3.63, 3.8) is 0 Å². The molecule has 80 heavy (non-hydrogen) atoms. The number of carbonyl (C=O) groups is 4. The molecule has 1 aromatic rings. The first kappa shape index (κ1) is 68.3. The first-order chi connectivity index (χ1) is 39.2. The Morgan fingerprint density at radius 3 is 1.04 bits per heavy atom. The smallest absolute Gasteiger partial charge is 0.330 e. The van der Waals surface area contributed by atoms with E-state index in [4.69, 9.17) is 28.4 Å². The summed E-state index contributed by atoms with van der Waals surface area (Å²) in [6.07, 6.45) is 54.0. The zero-order valence-corrected chi connectivity index (χ0v) is 50.3. The van der Waals surface area contributed by atoms with Gasteiger partial charge < -0.3 is 28.4 Å². The minimum atomic E-state index is -0.365. The summed E-state index contributed by atoms with van der Waals surface area (Å²) in [6, 6.07) is 8.61. The van der Waals surface area contributed by atoms with Gasteiger partial charge in [0.15, 0.2) is 0 Å². The molecule has 0 heterocycles. The lowest BCUT2D eigenvalue weighted by atomic mass is 9.68. The largest absolute Gasteiger partial charge is 0.494 e. The minimum Gasteiger partial charge on any atom is -0.494 e. The molecule has 4 aliphatic carbocycles. The van der Waals surface area contributed by atoms with Crippen LogP contribution in [0, 0.1) is 41.4 Å². The average Bonchev–Trinajstić information content (AvgIpc) is 3.50. The van der Waals surface area contributed by atoms with Crippen molar-refractivity contribution in [2.24, 2.45) is 41.4 Å². The summed E-state index contributed by atoms with van der Waals surface area (Å²) in [7, 11) is 0. The third-order valence-electron chi connectivity index (χ3n) is 18.3. The van der Waals surface area contributed by atoms with Gasteiger partial charge in [0, 0.05) is 36.6 Å². The van der Waals surface area contributed by atoms with Crippen molar-refractivity contribution in [1.29, 1.82) is 0 Å². The molecule has 0 spiro atoms. The van der Waals surface area contributed by atoms with E-state index in [1.807, 2.05) is 0 Å². The summed E-state index contributed by atoms with van der Waals surface area (Å²) in [5, 5.41) is 0. The molecule has 0 aliphatic heterocycles. The lowest BCUT2D eigenvalue weighted by molar-refractivity contribution is -0.138. The van der Waals surface area contributed by atoms with Gasteiger partial charge in [-0.05, 0) is 175 Å². The third kappa shape index (κ3) is 31.9. The van der Waals surface area contributed by atoms with Crippen LogP contribution in [0.2, 0.25) is 0 Å². The van der Waals surface area contributed by atoms with Crippen LogP contribution in [0.15, 0.2) is 74.9 Å². The number of rotatable bonds is 41. The molecule has 10 heteroatoms. The SMILES string of the molecule is C=CC(=O)OCCCCCCCC1CCC(C2CCC(CCc3ccc(OCCCCOC(=O)C=C)cc3)CC2)CC1.C=CC(=O)OCCCCCCCCOC1CCC(C2CCC(CCCCCCCOC(=O)C=C)CC2)CC1.[HH].[HH].[HH].[HH]. The molecule has 0 aromatic heterocycles. The number of hydrogen-bond donors (Lipinski definition) is 0. The molecule has 0 bridgehead atoms. The van der Waals surface area contributed by atoms with Crippen LogP contribution in [0.25, 0.3) is 0 Å². The summed E-state index contributed by atoms with van der Waals surface area (Å²) in [5.41, 5.74) is 1.41. The fourth-order valence-electron chi connectivity index (χ4n) is 13.3. The van der Waals surface area contributed by atoms with Gasteiger partial charge in [-0.25, -0.2) is 19.2 Å². The van der Waals surface area contributed by atoms with E-state index in [0.29, 0.717) is 39.1 Å². The number of benzene rings is 1. The summed E-state index contributed by atoms with van der Waals surface area (Å²) in [5.74, 6) is 6.28. The molecule has 4 aliphatic rings. The Bertz CT molecular complexity index is 1830. The number of aryl methyl sites for hydroxylation is 1. The fraction of sp³-hybridized carbons (Fsp3) is 0.743. The van der Waals surface area contributed by atoms with E-state index in [9.17, 15) is 19.2 Å². The van der Waals surface area contributed by atoms with Gasteiger partial charge in [0.2, 0.25) is 0 Å². The Hall–Kier alpha value is -4.18. The average molecular weight is 1120 g/mol. The molecule has 460 valence electrons. The molecule has 0 atom stereocenters. The van der Waals surface area contributed by atoms with Crippen molar-refractivity contribution in [3.05, 3.63) is 80.4 Å². The van der Waals surface area contributed by atoms with Crippen LogP contribution in [-0.4, -0.2) is 69.6 Å². The van der Waals surface area contributed by atoms with E-state index in [0.717, 1.165) is 112 Å². The van der Waals surface area contributed by atoms with Crippen molar-refractivity contribution in [1.82, 2.24) is 0 Å². The molecule has 0 N–H and O–H groups in total. The highest BCUT2D eigenvalue weighted by Gasteiger charge is 2.32. The predicted octanol–water partition coefficient (Wildman–Crippen LogP) is 18.7. The topological polar surface area (TPSA) is 124 Å². The number of ether oxygens (including phenoxy) is 6. The lowest BCUT2D eigenvalue weighted by Gasteiger charge is -2.38. The highest BCUT2D eigenvalue weighted by Crippen LogP contribution is 2.44. The zero-order valence-electron chi connectivity index (χ0n) is 50.3. The van der Waals surface area contributed by atoms with Gasteiger partial charge in [0.05, 0.1) is 39.1 Å². The van der Waals surface area contributed by atoms with Crippen LogP contribution < -0.4 is 4.74 Å². The monoisotopic (exact) mass is 1120 g/mol. The molecule has 1 aromatic carbocycles. The van der Waals surface area contributed by atoms with Crippen LogP contribution in [0.5, 0.6) is 5.75 Å². The molecule has 5 rings (SSSR count). The Labute approximate surface area is 492 Å². The van der Waals surface area contributed by atoms with Crippen molar-refractivity contribution in [2.75, 3.05) is 39.6 Å². The minimum absolute atomic E-state index is 0. The summed E-state index contributed by atoms with van der Waals surface area (Å²) >= 11 is 0. The van der Waals surface area contributed by atoms with Gasteiger partial charge in [-0.15, -0.1) is 0 Å². The van der Waals surface area contributed by atoms with Crippen molar-refractivity contribution in [2.45, 2.75) is 250 Å². The van der Waals surface area contributed by atoms with Crippen LogP contribution in [0.3, 0.4) is 0 Å². The molecule has 4 saturated carbocycles. The van der Waals surface area contributed by atoms with E-state index < -0.39 is 0 Å². The van der Waals surface area contributed by atoms with Crippen molar-refractivity contribution < 1.29 is 53.3 Å². The molecule has 0 radical (unpaired) electrons. The summed E-state index contributed by atoms with van der Waals surface area (Å²) in [4.78, 5) is 44.1. The summed E-state index contributed by atoms with van der Waals surface area (Å²) in [6.45, 7) is 17.2. The van der Waals surface area contributed by atoms with Crippen LogP contribution in [0.1, 0.15) is 249 Å². The van der Waals surface area contributed by atoms with E-state index in [-0.39, 0.29) is 29.6 Å². The van der Waals surface area contributed by atoms with E-state index in [2.05, 4.69) is 50.6 Å². The number of esters is 4. The van der Waals surface area contributed by atoms with Gasteiger partial charge in [-0.3, -0.25) is 0 Å². The van der Waals surface area contributed by atoms with Crippen LogP contribution in [0.4, 0.5) is 0 Å². The molecular formula is C70H120O10. The van der Waals surface area contributed by atoms with E-state index in [1.54, 1.807) is 0 Å². The number of carbonyl (C=O) groups excluding carboxylic acids is 4. The Morgan fingerprint density at radius 2 is 0.662 bits per heavy atom. The second kappa shape index (κ2) is 44.4. The van der Waals surface area contributed by atoms with E-state index >= 15 is 0 Å². The molecule has 4 fully saturated rings. The number of unbranched alkanes of at least 4 members (excludes halogenated alkanes) is 14. The maximum atomic E-state index is 11.0. The van der Waals surface area contributed by atoms with Crippen molar-refractivity contribution in [3.8, 4) is 5.75 Å². The third-order valence-corrected chi connectivity index (χ3v) is 18.3. The van der Waals surface area contributed by atoms with Gasteiger partial charge >= 0.3 is 23.9 Å². The van der Waals surface area contributed by atoms with Gasteiger partial charge in [0.25, 0.3) is 0 Å². The van der Waals surface area contributed by atoms with Crippen LogP contribution in [-0.2, 0) is 49.3 Å². The first-order valence-corrected chi connectivity index (χ1v) is 32.7. The highest BCUT2D eigenvalue weighted by molar-refractivity contribution is 5.82. The van der Waals surface area contributed by atoms with Crippen molar-refractivity contribution >= 4 is 23.9 Å². The fourth-order valence-corrected chi connectivity index (χ4v) is 13.3. The van der Waals surface area contributed by atoms with E-state index in [1.165, 1.54) is 216 Å². The second-order valence-corrected chi connectivity index (χ2v) is 24.2. The van der Waals surface area contributed by atoms with Gasteiger partial charge in [-0.2, -0.15) is 0 Å². The Kier molecular flexibility index (Phi) is 37.9. The second-order valence-electron chi connectivity index (χ2n) is 24.2. The molecule has 0 amide bonds. The quantitative estimate of drug-likeness (QED) is 0.0271. The highest BCUT2D eigenvalue weighted by atomic mass is 16.5. The van der Waals surface area contributed by atoms with Gasteiger partial charge in [-0.1, -0.05) is 167 Å². The summed E-state index contributed by atoms with van der Waals surface area (Å²) < 4.78 is 32.1. The molecule has 10 nitrogen and oxygen atoms in total. The first-order valence-electron chi connectivity index (χ1n) is 32.7. The maximum absolute atomic E-state index is 11.0.